The highest BCUT2D eigenvalue weighted by Crippen LogP contribution is 2.35. The van der Waals surface area contributed by atoms with Crippen LogP contribution in [0.4, 0.5) is 0 Å². The van der Waals surface area contributed by atoms with Crippen molar-refractivity contribution in [1.82, 2.24) is 25.0 Å². The summed E-state index contributed by atoms with van der Waals surface area (Å²) in [4.78, 5) is 3.84. The van der Waals surface area contributed by atoms with E-state index in [0.29, 0.717) is 50.8 Å². The van der Waals surface area contributed by atoms with Crippen LogP contribution in [0.2, 0.25) is 15.1 Å². The molecule has 0 spiro atoms. The standard InChI is InChI=1S/C13H10Cl3N5O2S/c14-8-3-9(15)12(10(16)4-8)22-1-2-24-13-20-19-11(23-13)5-21-7-17-6-18-21/h3-4,6-7H,1-2,5H2. The van der Waals surface area contributed by atoms with Gasteiger partial charge in [0.1, 0.15) is 19.2 Å². The van der Waals surface area contributed by atoms with Gasteiger partial charge in [-0.05, 0) is 12.1 Å². The fraction of sp³-hybridized carbons (Fsp3) is 0.231. The Hall–Kier alpha value is -1.48. The second-order valence-electron chi connectivity index (χ2n) is 4.45. The molecule has 2 aromatic heterocycles. The molecule has 0 aliphatic rings. The maximum absolute atomic E-state index is 6.05. The smallest absolute Gasteiger partial charge is 0.276 e. The van der Waals surface area contributed by atoms with Crippen molar-refractivity contribution in [2.45, 2.75) is 11.8 Å². The molecule has 0 aliphatic carbocycles. The first-order valence-corrected chi connectivity index (χ1v) is 8.78. The number of halogens is 3. The summed E-state index contributed by atoms with van der Waals surface area (Å²) >= 11 is 19.3. The number of ether oxygens (including phenoxy) is 1. The molecule has 126 valence electrons. The maximum Gasteiger partial charge on any atom is 0.276 e. The van der Waals surface area contributed by atoms with Crippen molar-refractivity contribution >= 4 is 46.6 Å². The van der Waals surface area contributed by atoms with Crippen molar-refractivity contribution in [2.24, 2.45) is 0 Å². The van der Waals surface area contributed by atoms with E-state index in [1.807, 2.05) is 0 Å². The van der Waals surface area contributed by atoms with Crippen molar-refractivity contribution < 1.29 is 9.15 Å². The molecule has 0 atom stereocenters. The highest BCUT2D eigenvalue weighted by molar-refractivity contribution is 7.99. The predicted molar refractivity (Wildman–Crippen MR) is 91.1 cm³/mol. The summed E-state index contributed by atoms with van der Waals surface area (Å²) in [5.74, 6) is 1.44. The third-order valence-electron chi connectivity index (χ3n) is 2.73. The molecule has 0 N–H and O–H groups in total. The topological polar surface area (TPSA) is 78.9 Å². The summed E-state index contributed by atoms with van der Waals surface area (Å²) in [7, 11) is 0. The van der Waals surface area contributed by atoms with Crippen LogP contribution in [0, 0.1) is 0 Å². The zero-order chi connectivity index (χ0) is 16.9. The second kappa shape index (κ2) is 8.06. The maximum atomic E-state index is 6.05. The summed E-state index contributed by atoms with van der Waals surface area (Å²) in [5.41, 5.74) is 0. The van der Waals surface area contributed by atoms with E-state index in [9.17, 15) is 0 Å². The van der Waals surface area contributed by atoms with Gasteiger partial charge < -0.3 is 9.15 Å². The van der Waals surface area contributed by atoms with Gasteiger partial charge in [0, 0.05) is 10.8 Å². The van der Waals surface area contributed by atoms with Gasteiger partial charge in [-0.1, -0.05) is 46.6 Å². The molecule has 11 heteroatoms. The van der Waals surface area contributed by atoms with Crippen molar-refractivity contribution in [3.8, 4) is 5.75 Å². The van der Waals surface area contributed by atoms with Gasteiger partial charge in [-0.3, -0.25) is 0 Å². The predicted octanol–water partition coefficient (Wildman–Crippen LogP) is 3.84. The number of thioether (sulfide) groups is 1. The normalized spacial score (nSPS) is 11.0. The van der Waals surface area contributed by atoms with Crippen molar-refractivity contribution in [1.29, 1.82) is 0 Å². The fourth-order valence-electron chi connectivity index (χ4n) is 1.75. The van der Waals surface area contributed by atoms with Gasteiger partial charge >= 0.3 is 0 Å². The Morgan fingerprint density at radius 2 is 1.96 bits per heavy atom. The van der Waals surface area contributed by atoms with E-state index in [4.69, 9.17) is 44.0 Å². The molecule has 0 radical (unpaired) electrons. The second-order valence-corrected chi connectivity index (χ2v) is 6.75. The number of hydrogen-bond donors (Lipinski definition) is 0. The van der Waals surface area contributed by atoms with Gasteiger partial charge in [0.15, 0.2) is 5.75 Å². The Bertz CT molecular complexity index is 789. The van der Waals surface area contributed by atoms with Crippen LogP contribution in [-0.4, -0.2) is 37.3 Å². The molecular weight excluding hydrogens is 397 g/mol. The van der Waals surface area contributed by atoms with Crippen LogP contribution in [0.1, 0.15) is 5.89 Å². The molecule has 24 heavy (non-hydrogen) atoms. The molecule has 0 saturated heterocycles. The van der Waals surface area contributed by atoms with Crippen LogP contribution < -0.4 is 4.74 Å². The molecule has 2 heterocycles. The van der Waals surface area contributed by atoms with Gasteiger partial charge in [-0.2, -0.15) is 5.10 Å². The third kappa shape index (κ3) is 4.54. The minimum absolute atomic E-state index is 0.366. The van der Waals surface area contributed by atoms with Crippen LogP contribution in [0.15, 0.2) is 34.4 Å². The lowest BCUT2D eigenvalue weighted by Crippen LogP contribution is -2.01. The molecule has 0 unspecified atom stereocenters. The van der Waals surface area contributed by atoms with Crippen molar-refractivity contribution in [3.63, 3.8) is 0 Å². The summed E-state index contributed by atoms with van der Waals surface area (Å²) in [5, 5.41) is 13.5. The minimum atomic E-state index is 0.366. The third-order valence-corrected chi connectivity index (χ3v) is 4.29. The van der Waals surface area contributed by atoms with E-state index < -0.39 is 0 Å². The lowest BCUT2D eigenvalue weighted by Gasteiger charge is -2.09. The lowest BCUT2D eigenvalue weighted by atomic mass is 10.3. The van der Waals surface area contributed by atoms with Gasteiger partial charge in [-0.15, -0.1) is 10.2 Å². The SMILES string of the molecule is Clc1cc(Cl)c(OCCSc2nnc(Cn3cncn3)o2)c(Cl)c1. The number of rotatable bonds is 7. The molecule has 0 aliphatic heterocycles. The van der Waals surface area contributed by atoms with Crippen LogP contribution >= 0.6 is 46.6 Å². The number of aromatic nitrogens is 5. The van der Waals surface area contributed by atoms with Crippen LogP contribution in [0.5, 0.6) is 5.75 Å². The van der Waals surface area contributed by atoms with E-state index in [2.05, 4.69) is 20.3 Å². The van der Waals surface area contributed by atoms with E-state index in [0.717, 1.165) is 0 Å². The van der Waals surface area contributed by atoms with Crippen molar-refractivity contribution in [3.05, 3.63) is 45.7 Å². The van der Waals surface area contributed by atoms with E-state index in [-0.39, 0.29) is 0 Å². The van der Waals surface area contributed by atoms with E-state index in [1.165, 1.54) is 18.1 Å². The highest BCUT2D eigenvalue weighted by atomic mass is 35.5. The minimum Gasteiger partial charge on any atom is -0.490 e. The Labute approximate surface area is 156 Å². The average molecular weight is 407 g/mol. The average Bonchev–Trinajstić information content (AvgIpc) is 3.18. The summed E-state index contributed by atoms with van der Waals surface area (Å²) in [6.45, 7) is 0.743. The first kappa shape index (κ1) is 17.3. The lowest BCUT2D eigenvalue weighted by molar-refractivity contribution is 0.343. The Kier molecular flexibility index (Phi) is 5.83. The van der Waals surface area contributed by atoms with Crippen molar-refractivity contribution in [2.75, 3.05) is 12.4 Å². The summed E-state index contributed by atoms with van der Waals surface area (Å²) in [6, 6.07) is 3.15. The van der Waals surface area contributed by atoms with E-state index >= 15 is 0 Å². The Morgan fingerprint density at radius 3 is 2.67 bits per heavy atom. The number of nitrogens with zero attached hydrogens (tertiary/aromatic N) is 5. The fourth-order valence-corrected chi connectivity index (χ4v) is 3.27. The molecule has 1 aromatic carbocycles. The Morgan fingerprint density at radius 1 is 1.17 bits per heavy atom. The monoisotopic (exact) mass is 405 g/mol. The molecule has 0 amide bonds. The first-order chi connectivity index (χ1) is 11.6. The van der Waals surface area contributed by atoms with Gasteiger partial charge in [0.25, 0.3) is 5.22 Å². The highest BCUT2D eigenvalue weighted by Gasteiger charge is 2.11. The van der Waals surface area contributed by atoms with Gasteiger partial charge in [-0.25, -0.2) is 9.67 Å². The molecule has 0 bridgehead atoms. The zero-order valence-electron chi connectivity index (χ0n) is 12.0. The molecule has 0 fully saturated rings. The van der Waals surface area contributed by atoms with Gasteiger partial charge in [0.2, 0.25) is 5.89 Å². The van der Waals surface area contributed by atoms with E-state index in [1.54, 1.807) is 23.1 Å². The summed E-state index contributed by atoms with van der Waals surface area (Å²) < 4.78 is 12.7. The molecular formula is C13H10Cl3N5O2S. The largest absolute Gasteiger partial charge is 0.490 e. The van der Waals surface area contributed by atoms with Crippen LogP contribution in [0.25, 0.3) is 0 Å². The molecule has 7 nitrogen and oxygen atoms in total. The Balaban J connectivity index is 1.48. The van der Waals surface area contributed by atoms with Crippen LogP contribution in [-0.2, 0) is 6.54 Å². The quantitative estimate of drug-likeness (QED) is 0.435. The van der Waals surface area contributed by atoms with Crippen LogP contribution in [0.3, 0.4) is 0 Å². The van der Waals surface area contributed by atoms with Gasteiger partial charge in [0.05, 0.1) is 16.7 Å². The summed E-state index contributed by atoms with van der Waals surface area (Å²) in [6.07, 6.45) is 3.01. The number of benzene rings is 1. The zero-order valence-corrected chi connectivity index (χ0v) is 15.1. The number of hydrogen-bond acceptors (Lipinski definition) is 7. The first-order valence-electron chi connectivity index (χ1n) is 6.67. The molecule has 3 rings (SSSR count). The molecule has 3 aromatic rings. The molecule has 0 saturated carbocycles.